The Hall–Kier alpha value is -1.94. The molecule has 1 aromatic heterocycles. The van der Waals surface area contributed by atoms with E-state index in [4.69, 9.17) is 0 Å². The average Bonchev–Trinajstić information content (AvgIpc) is 3.01. The molecule has 0 aliphatic rings. The maximum absolute atomic E-state index is 12.1. The fraction of sp³-hybridized carbons (Fsp3) is 0.250. The third-order valence-corrected chi connectivity index (χ3v) is 3.90. The minimum atomic E-state index is -0.186. The summed E-state index contributed by atoms with van der Waals surface area (Å²) in [6.45, 7) is 0. The molecule has 4 heteroatoms. The fourth-order valence-corrected chi connectivity index (χ4v) is 2.60. The number of ketones is 1. The summed E-state index contributed by atoms with van der Waals surface area (Å²) in [7, 11) is 1.40. The van der Waals surface area contributed by atoms with Crippen molar-refractivity contribution in [1.29, 1.82) is 0 Å². The molecule has 0 amide bonds. The molecule has 20 heavy (non-hydrogen) atoms. The van der Waals surface area contributed by atoms with Crippen LogP contribution in [0.5, 0.6) is 0 Å². The summed E-state index contributed by atoms with van der Waals surface area (Å²) in [6, 6.07) is 11.3. The van der Waals surface area contributed by atoms with Gasteiger partial charge in [0.15, 0.2) is 0 Å². The van der Waals surface area contributed by atoms with E-state index in [1.54, 1.807) is 0 Å². The van der Waals surface area contributed by atoms with Crippen molar-refractivity contribution in [2.75, 3.05) is 7.11 Å². The van der Waals surface area contributed by atoms with Crippen molar-refractivity contribution in [1.82, 2.24) is 0 Å². The van der Waals surface area contributed by atoms with Gasteiger partial charge in [-0.2, -0.15) is 0 Å². The van der Waals surface area contributed by atoms with Crippen LogP contribution in [-0.4, -0.2) is 18.9 Å². The molecule has 0 spiro atoms. The number of hydrogen-bond acceptors (Lipinski definition) is 4. The average molecular weight is 288 g/mol. The number of rotatable bonds is 6. The Morgan fingerprint density at radius 1 is 1.15 bits per heavy atom. The molecule has 0 N–H and O–H groups in total. The molecule has 0 unspecified atom stereocenters. The molecule has 3 nitrogen and oxygen atoms in total. The lowest BCUT2D eigenvalue weighted by molar-refractivity contribution is -0.140. The van der Waals surface area contributed by atoms with Gasteiger partial charge in [0.25, 0.3) is 0 Å². The molecule has 2 aromatic rings. The van der Waals surface area contributed by atoms with Crippen LogP contribution in [0.1, 0.15) is 33.6 Å². The molecule has 0 bridgehead atoms. The van der Waals surface area contributed by atoms with Crippen LogP contribution in [0.3, 0.4) is 0 Å². The number of esters is 1. The molecule has 0 aliphatic heterocycles. The molecule has 0 saturated heterocycles. The van der Waals surface area contributed by atoms with Gasteiger partial charge in [-0.3, -0.25) is 9.59 Å². The van der Waals surface area contributed by atoms with E-state index in [2.05, 4.69) is 4.74 Å². The first kappa shape index (κ1) is 14.5. The first-order valence-corrected chi connectivity index (χ1v) is 7.32. The van der Waals surface area contributed by atoms with Gasteiger partial charge in [0, 0.05) is 12.0 Å². The van der Waals surface area contributed by atoms with Gasteiger partial charge >= 0.3 is 5.97 Å². The second-order valence-electron chi connectivity index (χ2n) is 4.43. The summed E-state index contributed by atoms with van der Waals surface area (Å²) in [5.41, 5.74) is 1.82. The highest BCUT2D eigenvalue weighted by Crippen LogP contribution is 2.16. The van der Waals surface area contributed by atoms with E-state index in [0.717, 1.165) is 23.3 Å². The van der Waals surface area contributed by atoms with E-state index < -0.39 is 0 Å². The van der Waals surface area contributed by atoms with Crippen molar-refractivity contribution in [3.8, 4) is 0 Å². The van der Waals surface area contributed by atoms with E-state index in [1.807, 2.05) is 41.8 Å². The first-order valence-electron chi connectivity index (χ1n) is 6.44. The monoisotopic (exact) mass is 288 g/mol. The molecule has 1 aromatic carbocycles. The summed E-state index contributed by atoms with van der Waals surface area (Å²) in [5, 5.41) is 1.90. The summed E-state index contributed by atoms with van der Waals surface area (Å²) in [6.07, 6.45) is 1.99. The maximum atomic E-state index is 12.1. The number of carbonyl (C=O) groups excluding carboxylic acids is 2. The Labute approximate surface area is 122 Å². The van der Waals surface area contributed by atoms with Crippen molar-refractivity contribution in [2.24, 2.45) is 0 Å². The largest absolute Gasteiger partial charge is 0.469 e. The second-order valence-corrected chi connectivity index (χ2v) is 5.38. The number of aryl methyl sites for hydroxylation is 1. The van der Waals surface area contributed by atoms with Crippen LogP contribution in [0.4, 0.5) is 0 Å². The van der Waals surface area contributed by atoms with Crippen LogP contribution in [0.2, 0.25) is 0 Å². The molecular formula is C16H16O3S. The molecule has 0 atom stereocenters. The van der Waals surface area contributed by atoms with Gasteiger partial charge in [0.1, 0.15) is 0 Å². The lowest BCUT2D eigenvalue weighted by Crippen LogP contribution is -2.01. The van der Waals surface area contributed by atoms with Crippen LogP contribution in [0, 0.1) is 0 Å². The number of methoxy groups -OCH3 is 1. The van der Waals surface area contributed by atoms with Gasteiger partial charge < -0.3 is 4.74 Å². The van der Waals surface area contributed by atoms with Crippen LogP contribution in [0.15, 0.2) is 41.8 Å². The highest BCUT2D eigenvalue weighted by Gasteiger charge is 2.09. The minimum absolute atomic E-state index is 0.0566. The van der Waals surface area contributed by atoms with Crippen molar-refractivity contribution >= 4 is 23.1 Å². The van der Waals surface area contributed by atoms with Crippen LogP contribution in [0.25, 0.3) is 0 Å². The number of benzene rings is 1. The molecular weight excluding hydrogens is 272 g/mol. The smallest absolute Gasteiger partial charge is 0.305 e. The Bertz CT molecular complexity index is 570. The lowest BCUT2D eigenvalue weighted by Gasteiger charge is -2.03. The van der Waals surface area contributed by atoms with Crippen LogP contribution >= 0.6 is 11.3 Å². The zero-order valence-corrected chi connectivity index (χ0v) is 12.1. The number of thiophene rings is 1. The fourth-order valence-electron chi connectivity index (χ4n) is 1.91. The Morgan fingerprint density at radius 3 is 2.50 bits per heavy atom. The van der Waals surface area contributed by atoms with E-state index >= 15 is 0 Å². The Kier molecular flexibility index (Phi) is 5.07. The topological polar surface area (TPSA) is 43.4 Å². The SMILES string of the molecule is COC(=O)CCCc1ccc(C(=O)c2cccs2)cc1. The predicted octanol–water partition coefficient (Wildman–Crippen LogP) is 3.47. The van der Waals surface area contributed by atoms with Crippen molar-refractivity contribution in [3.05, 3.63) is 57.8 Å². The van der Waals surface area contributed by atoms with Gasteiger partial charge in [0.2, 0.25) is 5.78 Å². The Balaban J connectivity index is 1.93. The molecule has 0 fully saturated rings. The normalized spacial score (nSPS) is 10.2. The van der Waals surface area contributed by atoms with Crippen LogP contribution in [-0.2, 0) is 16.0 Å². The number of ether oxygens (including phenoxy) is 1. The molecule has 104 valence electrons. The highest BCUT2D eigenvalue weighted by atomic mass is 32.1. The molecule has 2 rings (SSSR count). The third kappa shape index (κ3) is 3.78. The maximum Gasteiger partial charge on any atom is 0.305 e. The van der Waals surface area contributed by atoms with E-state index in [0.29, 0.717) is 12.0 Å². The summed E-state index contributed by atoms with van der Waals surface area (Å²) < 4.78 is 4.60. The molecule has 1 heterocycles. The molecule has 0 aliphatic carbocycles. The van der Waals surface area contributed by atoms with E-state index in [1.165, 1.54) is 18.4 Å². The zero-order valence-electron chi connectivity index (χ0n) is 11.3. The summed E-state index contributed by atoms with van der Waals surface area (Å²) in [4.78, 5) is 23.9. The van der Waals surface area contributed by atoms with Crippen molar-refractivity contribution in [2.45, 2.75) is 19.3 Å². The number of hydrogen-bond donors (Lipinski definition) is 0. The highest BCUT2D eigenvalue weighted by molar-refractivity contribution is 7.12. The summed E-state index contributed by atoms with van der Waals surface area (Å²) in [5.74, 6) is -0.129. The summed E-state index contributed by atoms with van der Waals surface area (Å²) >= 11 is 1.45. The quantitative estimate of drug-likeness (QED) is 0.604. The van der Waals surface area contributed by atoms with Gasteiger partial charge in [-0.05, 0) is 29.9 Å². The second kappa shape index (κ2) is 7.01. The Morgan fingerprint density at radius 2 is 1.90 bits per heavy atom. The van der Waals surface area contributed by atoms with Crippen LogP contribution < -0.4 is 0 Å². The van der Waals surface area contributed by atoms with Crippen molar-refractivity contribution in [3.63, 3.8) is 0 Å². The predicted molar refractivity (Wildman–Crippen MR) is 79.1 cm³/mol. The van der Waals surface area contributed by atoms with Gasteiger partial charge in [-0.25, -0.2) is 0 Å². The van der Waals surface area contributed by atoms with Crippen molar-refractivity contribution < 1.29 is 14.3 Å². The molecule has 0 saturated carbocycles. The first-order chi connectivity index (χ1) is 9.70. The van der Waals surface area contributed by atoms with Gasteiger partial charge in [0.05, 0.1) is 12.0 Å². The van der Waals surface area contributed by atoms with E-state index in [-0.39, 0.29) is 11.8 Å². The number of carbonyl (C=O) groups is 2. The third-order valence-electron chi connectivity index (χ3n) is 3.04. The zero-order chi connectivity index (χ0) is 14.4. The van der Waals surface area contributed by atoms with Gasteiger partial charge in [-0.1, -0.05) is 30.3 Å². The lowest BCUT2D eigenvalue weighted by atomic mass is 10.0. The van der Waals surface area contributed by atoms with Gasteiger partial charge in [-0.15, -0.1) is 11.3 Å². The molecule has 0 radical (unpaired) electrons. The standard InChI is InChI=1S/C16H16O3S/c1-19-15(17)6-2-4-12-7-9-13(10-8-12)16(18)14-5-3-11-20-14/h3,5,7-11H,2,4,6H2,1H3. The van der Waals surface area contributed by atoms with E-state index in [9.17, 15) is 9.59 Å². The minimum Gasteiger partial charge on any atom is -0.469 e.